The van der Waals surface area contributed by atoms with E-state index >= 15 is 0 Å². The van der Waals surface area contributed by atoms with Crippen molar-refractivity contribution in [3.63, 3.8) is 0 Å². The van der Waals surface area contributed by atoms with Crippen LogP contribution in [0.5, 0.6) is 5.75 Å². The summed E-state index contributed by atoms with van der Waals surface area (Å²) in [7, 11) is 0. The highest BCUT2D eigenvalue weighted by molar-refractivity contribution is 5.98. The first-order valence-electron chi connectivity index (χ1n) is 12.0. The number of nitrogens with one attached hydrogen (secondary N) is 2. The number of halogens is 3. The molecule has 1 saturated carbocycles. The highest BCUT2D eigenvalue weighted by Gasteiger charge is 2.31. The fourth-order valence-corrected chi connectivity index (χ4v) is 5.02. The van der Waals surface area contributed by atoms with E-state index in [-0.39, 0.29) is 30.7 Å². The van der Waals surface area contributed by atoms with Crippen molar-refractivity contribution < 1.29 is 27.5 Å². The molecule has 1 aromatic heterocycles. The second-order valence-electron chi connectivity index (χ2n) is 9.49. The number of aldehydes is 1. The van der Waals surface area contributed by atoms with Gasteiger partial charge >= 0.3 is 6.36 Å². The van der Waals surface area contributed by atoms with Crippen LogP contribution in [0.25, 0.3) is 11.0 Å². The van der Waals surface area contributed by atoms with E-state index in [1.54, 1.807) is 18.2 Å². The monoisotopic (exact) mass is 502 g/mol. The number of amides is 1. The molecule has 4 rings (SSSR count). The van der Waals surface area contributed by atoms with Gasteiger partial charge in [0.1, 0.15) is 12.0 Å². The van der Waals surface area contributed by atoms with E-state index in [0.717, 1.165) is 31.1 Å². The van der Waals surface area contributed by atoms with Gasteiger partial charge in [0.25, 0.3) is 5.91 Å². The Bertz CT molecular complexity index is 1210. The summed E-state index contributed by atoms with van der Waals surface area (Å²) in [4.78, 5) is 27.9. The summed E-state index contributed by atoms with van der Waals surface area (Å²) < 4.78 is 43.6. The highest BCUT2D eigenvalue weighted by Crippen LogP contribution is 2.40. The molecule has 7 nitrogen and oxygen atoms in total. The molecule has 1 fully saturated rings. The van der Waals surface area contributed by atoms with Gasteiger partial charge in [-0.2, -0.15) is 0 Å². The molecule has 192 valence electrons. The third-order valence-corrected chi connectivity index (χ3v) is 6.36. The molecule has 0 spiro atoms. The molecule has 0 radical (unpaired) electrons. The Balaban J connectivity index is 1.69. The van der Waals surface area contributed by atoms with Crippen molar-refractivity contribution in [1.29, 1.82) is 0 Å². The number of alkyl halides is 3. The largest absolute Gasteiger partial charge is 0.573 e. The SMILES string of the molecule is CC1CC(C)CC(n2c(Nc3ccc(OC(F)(F)F)cc3)nc3ccc(C(=O)NCCC=O)cc32)C1. The van der Waals surface area contributed by atoms with Gasteiger partial charge in [-0.25, -0.2) is 4.98 Å². The number of fused-ring (bicyclic) bond motifs is 1. The number of nitrogens with zero attached hydrogens (tertiary/aromatic N) is 2. The Hall–Kier alpha value is -3.56. The van der Waals surface area contributed by atoms with Crippen LogP contribution in [0.3, 0.4) is 0 Å². The summed E-state index contributed by atoms with van der Waals surface area (Å²) in [5, 5.41) is 5.98. The topological polar surface area (TPSA) is 85.2 Å². The average Bonchev–Trinajstić information content (AvgIpc) is 3.16. The van der Waals surface area contributed by atoms with Crippen LogP contribution in [0.15, 0.2) is 42.5 Å². The summed E-state index contributed by atoms with van der Waals surface area (Å²) in [5.74, 6) is 1.00. The fourth-order valence-electron chi connectivity index (χ4n) is 5.02. The van der Waals surface area contributed by atoms with E-state index in [9.17, 15) is 22.8 Å². The van der Waals surface area contributed by atoms with E-state index in [1.165, 1.54) is 24.3 Å². The number of carbonyl (C=O) groups excluding carboxylic acids is 2. The minimum absolute atomic E-state index is 0.137. The van der Waals surface area contributed by atoms with Gasteiger partial charge in [0.05, 0.1) is 11.0 Å². The lowest BCUT2D eigenvalue weighted by Crippen LogP contribution is -2.25. The summed E-state index contributed by atoms with van der Waals surface area (Å²) >= 11 is 0. The molecule has 1 heterocycles. The zero-order chi connectivity index (χ0) is 25.9. The predicted molar refractivity (Wildman–Crippen MR) is 130 cm³/mol. The standard InChI is InChI=1S/C26H29F3N4O3/c1-16-12-17(2)14-20(13-16)33-23-15-18(24(35)30-10-3-11-34)4-9-22(23)32-25(33)31-19-5-7-21(8-6-19)36-26(27,28)29/h4-9,11,15-17,20H,3,10,12-14H2,1-2H3,(H,30,35)(H,31,32). The number of rotatable bonds is 8. The molecule has 3 aromatic rings. The molecular formula is C26H29F3N4O3. The first kappa shape index (κ1) is 25.5. The number of imidazole rings is 1. The van der Waals surface area contributed by atoms with Crippen LogP contribution in [0.1, 0.15) is 55.9 Å². The van der Waals surface area contributed by atoms with Crippen molar-refractivity contribution in [3.8, 4) is 5.75 Å². The van der Waals surface area contributed by atoms with Crippen LogP contribution in [-0.4, -0.2) is 34.7 Å². The maximum atomic E-state index is 12.6. The predicted octanol–water partition coefficient (Wildman–Crippen LogP) is 5.99. The Labute approximate surface area is 207 Å². The Morgan fingerprint density at radius 3 is 2.44 bits per heavy atom. The highest BCUT2D eigenvalue weighted by atomic mass is 19.4. The number of benzene rings is 2. The van der Waals surface area contributed by atoms with Gasteiger partial charge in [-0.15, -0.1) is 13.2 Å². The fraction of sp³-hybridized carbons (Fsp3) is 0.423. The second kappa shape index (κ2) is 10.6. The number of aromatic nitrogens is 2. The van der Waals surface area contributed by atoms with Gasteiger partial charge in [-0.05, 0) is 73.6 Å². The molecule has 2 unspecified atom stereocenters. The molecule has 10 heteroatoms. The molecule has 36 heavy (non-hydrogen) atoms. The Kier molecular flexibility index (Phi) is 7.51. The molecule has 1 amide bonds. The van der Waals surface area contributed by atoms with E-state index in [0.29, 0.717) is 34.6 Å². The quantitative estimate of drug-likeness (QED) is 0.292. The van der Waals surface area contributed by atoms with E-state index in [2.05, 4.69) is 33.8 Å². The first-order valence-corrected chi connectivity index (χ1v) is 12.0. The minimum atomic E-state index is -4.76. The van der Waals surface area contributed by atoms with E-state index in [4.69, 9.17) is 4.98 Å². The molecule has 2 N–H and O–H groups in total. The molecule has 2 atom stereocenters. The molecule has 0 bridgehead atoms. The second-order valence-corrected chi connectivity index (χ2v) is 9.49. The van der Waals surface area contributed by atoms with Crippen molar-refractivity contribution in [1.82, 2.24) is 14.9 Å². The average molecular weight is 503 g/mol. The molecule has 2 aromatic carbocycles. The van der Waals surface area contributed by atoms with Gasteiger partial charge in [-0.1, -0.05) is 13.8 Å². The lowest BCUT2D eigenvalue weighted by Gasteiger charge is -2.33. The van der Waals surface area contributed by atoms with Crippen LogP contribution in [0, 0.1) is 11.8 Å². The number of ether oxygens (including phenoxy) is 1. The number of hydrogen-bond acceptors (Lipinski definition) is 5. The van der Waals surface area contributed by atoms with Crippen LogP contribution in [-0.2, 0) is 4.79 Å². The van der Waals surface area contributed by atoms with Crippen molar-refractivity contribution in [2.45, 2.75) is 51.9 Å². The third-order valence-electron chi connectivity index (χ3n) is 6.36. The van der Waals surface area contributed by atoms with E-state index < -0.39 is 6.36 Å². The van der Waals surface area contributed by atoms with Crippen LogP contribution in [0.2, 0.25) is 0 Å². The number of hydrogen-bond donors (Lipinski definition) is 2. The van der Waals surface area contributed by atoms with Gasteiger partial charge in [0.2, 0.25) is 5.95 Å². The van der Waals surface area contributed by atoms with Crippen LogP contribution < -0.4 is 15.4 Å². The molecular weight excluding hydrogens is 473 g/mol. The normalized spacial score (nSPS) is 20.2. The van der Waals surface area contributed by atoms with Crippen molar-refractivity contribution in [2.24, 2.45) is 11.8 Å². The minimum Gasteiger partial charge on any atom is -0.406 e. The molecule has 0 saturated heterocycles. The van der Waals surface area contributed by atoms with Crippen LogP contribution in [0.4, 0.5) is 24.8 Å². The van der Waals surface area contributed by atoms with Gasteiger partial charge in [0.15, 0.2) is 0 Å². The molecule has 1 aliphatic carbocycles. The number of carbonyl (C=O) groups is 2. The maximum absolute atomic E-state index is 12.6. The summed E-state index contributed by atoms with van der Waals surface area (Å²) in [6, 6.07) is 10.9. The zero-order valence-electron chi connectivity index (χ0n) is 20.1. The number of anilines is 2. The summed E-state index contributed by atoms with van der Waals surface area (Å²) in [5.41, 5.74) is 2.52. The Morgan fingerprint density at radius 1 is 1.11 bits per heavy atom. The molecule has 0 aliphatic heterocycles. The third kappa shape index (κ3) is 6.16. The van der Waals surface area contributed by atoms with Crippen molar-refractivity contribution in [3.05, 3.63) is 48.0 Å². The zero-order valence-corrected chi connectivity index (χ0v) is 20.1. The van der Waals surface area contributed by atoms with Crippen LogP contribution >= 0.6 is 0 Å². The lowest BCUT2D eigenvalue weighted by atomic mass is 9.80. The lowest BCUT2D eigenvalue weighted by molar-refractivity contribution is -0.274. The van der Waals surface area contributed by atoms with Crippen molar-refractivity contribution in [2.75, 3.05) is 11.9 Å². The maximum Gasteiger partial charge on any atom is 0.573 e. The summed E-state index contributed by atoms with van der Waals surface area (Å²) in [6.07, 6.45) is -0.739. The van der Waals surface area contributed by atoms with Gasteiger partial charge in [0, 0.05) is 30.3 Å². The summed E-state index contributed by atoms with van der Waals surface area (Å²) in [6.45, 7) is 4.71. The molecule has 1 aliphatic rings. The van der Waals surface area contributed by atoms with E-state index in [1.807, 2.05) is 0 Å². The smallest absolute Gasteiger partial charge is 0.406 e. The first-order chi connectivity index (χ1) is 17.1. The van der Waals surface area contributed by atoms with Gasteiger partial charge < -0.3 is 24.7 Å². The van der Waals surface area contributed by atoms with Crippen molar-refractivity contribution >= 4 is 34.9 Å². The Morgan fingerprint density at radius 2 is 1.81 bits per heavy atom. The van der Waals surface area contributed by atoms with Gasteiger partial charge in [-0.3, -0.25) is 4.79 Å².